The summed E-state index contributed by atoms with van der Waals surface area (Å²) in [6.07, 6.45) is 2.72. The van der Waals surface area contributed by atoms with E-state index in [1.807, 2.05) is 23.9 Å². The number of aromatic nitrogens is 1. The highest BCUT2D eigenvalue weighted by atomic mass is 32.2. The number of nitrogens with one attached hydrogen (secondary N) is 1. The summed E-state index contributed by atoms with van der Waals surface area (Å²) in [5.41, 5.74) is 7.35. The van der Waals surface area contributed by atoms with E-state index in [0.717, 1.165) is 23.3 Å². The van der Waals surface area contributed by atoms with E-state index in [9.17, 15) is 4.39 Å². The van der Waals surface area contributed by atoms with Gasteiger partial charge in [-0.15, -0.1) is 0 Å². The number of nitrogen functional groups attached to an aromatic ring is 1. The Hall–Kier alpha value is -1.49. The van der Waals surface area contributed by atoms with Crippen molar-refractivity contribution in [1.29, 1.82) is 0 Å². The van der Waals surface area contributed by atoms with Gasteiger partial charge in [-0.3, -0.25) is 4.98 Å². The van der Waals surface area contributed by atoms with Crippen LogP contribution in [0, 0.1) is 5.82 Å². The molecule has 1 saturated heterocycles. The highest BCUT2D eigenvalue weighted by molar-refractivity contribution is 7.99. The topological polar surface area (TPSA) is 50.9 Å². The van der Waals surface area contributed by atoms with Gasteiger partial charge in [0.15, 0.2) is 5.82 Å². The molecular weight excluding hydrogens is 249 g/mol. The molecule has 1 fully saturated rings. The summed E-state index contributed by atoms with van der Waals surface area (Å²) in [4.78, 5) is 4.26. The average Bonchev–Trinajstić information content (AvgIpc) is 2.87. The van der Waals surface area contributed by atoms with Gasteiger partial charge in [0.1, 0.15) is 0 Å². The van der Waals surface area contributed by atoms with Gasteiger partial charge in [0.05, 0.1) is 11.2 Å². The first kappa shape index (κ1) is 11.6. The van der Waals surface area contributed by atoms with Crippen LogP contribution in [0.4, 0.5) is 15.8 Å². The number of thioether (sulfide) groups is 1. The van der Waals surface area contributed by atoms with Gasteiger partial charge < -0.3 is 11.1 Å². The van der Waals surface area contributed by atoms with E-state index >= 15 is 0 Å². The van der Waals surface area contributed by atoms with Crippen molar-refractivity contribution in [1.82, 2.24) is 4.98 Å². The molecular formula is C13H14FN3S. The van der Waals surface area contributed by atoms with Gasteiger partial charge in [0.2, 0.25) is 0 Å². The van der Waals surface area contributed by atoms with Crippen molar-refractivity contribution in [3.63, 3.8) is 0 Å². The van der Waals surface area contributed by atoms with Crippen molar-refractivity contribution in [2.45, 2.75) is 12.5 Å². The van der Waals surface area contributed by atoms with Crippen LogP contribution in [0.25, 0.3) is 10.9 Å². The van der Waals surface area contributed by atoms with E-state index in [1.165, 1.54) is 6.07 Å². The van der Waals surface area contributed by atoms with Crippen LogP contribution in [-0.2, 0) is 0 Å². The monoisotopic (exact) mass is 263 g/mol. The Morgan fingerprint density at radius 2 is 2.39 bits per heavy atom. The highest BCUT2D eigenvalue weighted by Gasteiger charge is 2.19. The molecule has 5 heteroatoms. The molecule has 18 heavy (non-hydrogen) atoms. The number of fused-ring (bicyclic) bond motifs is 1. The van der Waals surface area contributed by atoms with Gasteiger partial charge in [-0.1, -0.05) is 0 Å². The van der Waals surface area contributed by atoms with Crippen LogP contribution in [0.3, 0.4) is 0 Å². The third-order valence-corrected chi connectivity index (χ3v) is 4.32. The zero-order valence-corrected chi connectivity index (χ0v) is 10.6. The minimum atomic E-state index is -0.324. The zero-order chi connectivity index (χ0) is 12.5. The second kappa shape index (κ2) is 4.65. The fourth-order valence-electron chi connectivity index (χ4n) is 2.23. The first-order chi connectivity index (χ1) is 8.75. The van der Waals surface area contributed by atoms with E-state index in [4.69, 9.17) is 5.73 Å². The maximum absolute atomic E-state index is 14.0. The Morgan fingerprint density at radius 3 is 3.17 bits per heavy atom. The summed E-state index contributed by atoms with van der Waals surface area (Å²) in [6, 6.07) is 5.37. The lowest BCUT2D eigenvalue weighted by Crippen LogP contribution is -2.19. The van der Waals surface area contributed by atoms with E-state index < -0.39 is 0 Å². The lowest BCUT2D eigenvalue weighted by molar-refractivity contribution is 0.628. The predicted octanol–water partition coefficient (Wildman–Crippen LogP) is 2.87. The number of hydrogen-bond donors (Lipinski definition) is 2. The minimum Gasteiger partial charge on any atom is -0.398 e. The van der Waals surface area contributed by atoms with E-state index in [2.05, 4.69) is 10.3 Å². The SMILES string of the molecule is Nc1cc(F)c(NC2CCSC2)c2ncccc12. The Kier molecular flexibility index (Phi) is 2.99. The van der Waals surface area contributed by atoms with Crippen molar-refractivity contribution in [2.75, 3.05) is 22.6 Å². The van der Waals surface area contributed by atoms with Crippen LogP contribution in [0.5, 0.6) is 0 Å². The number of halogens is 1. The average molecular weight is 263 g/mol. The first-order valence-corrected chi connectivity index (χ1v) is 7.08. The second-order valence-electron chi connectivity index (χ2n) is 4.43. The van der Waals surface area contributed by atoms with Gasteiger partial charge in [-0.2, -0.15) is 11.8 Å². The largest absolute Gasteiger partial charge is 0.398 e. The zero-order valence-electron chi connectivity index (χ0n) is 9.82. The Labute approximate surface area is 109 Å². The molecule has 2 heterocycles. The van der Waals surface area contributed by atoms with Gasteiger partial charge in [0, 0.05) is 29.1 Å². The number of rotatable bonds is 2. The molecule has 94 valence electrons. The molecule has 1 aromatic carbocycles. The Balaban J connectivity index is 2.09. The quantitative estimate of drug-likeness (QED) is 0.818. The molecule has 3 nitrogen and oxygen atoms in total. The summed E-state index contributed by atoms with van der Waals surface area (Å²) in [5.74, 6) is 1.81. The first-order valence-electron chi connectivity index (χ1n) is 5.92. The van der Waals surface area contributed by atoms with Gasteiger partial charge >= 0.3 is 0 Å². The van der Waals surface area contributed by atoms with Crippen molar-refractivity contribution in [2.24, 2.45) is 0 Å². The van der Waals surface area contributed by atoms with E-state index in [-0.39, 0.29) is 5.82 Å². The van der Waals surface area contributed by atoms with Crippen molar-refractivity contribution >= 4 is 34.0 Å². The molecule has 1 unspecified atom stereocenters. The summed E-state index contributed by atoms with van der Waals surface area (Å²) >= 11 is 1.89. The lowest BCUT2D eigenvalue weighted by Gasteiger charge is -2.16. The molecule has 1 aliphatic rings. The van der Waals surface area contributed by atoms with Crippen LogP contribution in [-0.4, -0.2) is 22.5 Å². The molecule has 0 spiro atoms. The van der Waals surface area contributed by atoms with E-state index in [0.29, 0.717) is 22.9 Å². The van der Waals surface area contributed by atoms with Crippen LogP contribution >= 0.6 is 11.8 Å². The molecule has 0 saturated carbocycles. The van der Waals surface area contributed by atoms with Crippen molar-refractivity contribution < 1.29 is 4.39 Å². The predicted molar refractivity (Wildman–Crippen MR) is 75.5 cm³/mol. The maximum atomic E-state index is 14.0. The molecule has 0 radical (unpaired) electrons. The molecule has 3 N–H and O–H groups in total. The molecule has 0 aliphatic carbocycles. The Bertz CT molecular complexity index is 582. The number of pyridine rings is 1. The van der Waals surface area contributed by atoms with Crippen LogP contribution in [0.1, 0.15) is 6.42 Å². The van der Waals surface area contributed by atoms with Crippen LogP contribution in [0.15, 0.2) is 24.4 Å². The van der Waals surface area contributed by atoms with Gasteiger partial charge in [-0.05, 0) is 30.4 Å². The number of nitrogens with zero attached hydrogens (tertiary/aromatic N) is 1. The summed E-state index contributed by atoms with van der Waals surface area (Å²) in [7, 11) is 0. The van der Waals surface area contributed by atoms with Crippen molar-refractivity contribution in [3.05, 3.63) is 30.2 Å². The maximum Gasteiger partial charge on any atom is 0.150 e. The molecule has 1 aromatic heterocycles. The van der Waals surface area contributed by atoms with Gasteiger partial charge in [0.25, 0.3) is 0 Å². The molecule has 3 rings (SSSR count). The Morgan fingerprint density at radius 1 is 1.50 bits per heavy atom. The van der Waals surface area contributed by atoms with Crippen molar-refractivity contribution in [3.8, 4) is 0 Å². The fourth-order valence-corrected chi connectivity index (χ4v) is 3.38. The molecule has 1 atom stereocenters. The summed E-state index contributed by atoms with van der Waals surface area (Å²) < 4.78 is 14.0. The number of hydrogen-bond acceptors (Lipinski definition) is 4. The van der Waals surface area contributed by atoms with Gasteiger partial charge in [-0.25, -0.2) is 4.39 Å². The third kappa shape index (κ3) is 1.99. The summed E-state index contributed by atoms with van der Waals surface area (Å²) in [5, 5.41) is 4.06. The molecule has 1 aliphatic heterocycles. The second-order valence-corrected chi connectivity index (χ2v) is 5.58. The van der Waals surface area contributed by atoms with Crippen LogP contribution < -0.4 is 11.1 Å². The smallest absolute Gasteiger partial charge is 0.150 e. The number of benzene rings is 1. The van der Waals surface area contributed by atoms with E-state index in [1.54, 1.807) is 6.20 Å². The molecule has 2 aromatic rings. The molecule has 0 bridgehead atoms. The number of anilines is 2. The minimum absolute atomic E-state index is 0.318. The highest BCUT2D eigenvalue weighted by Crippen LogP contribution is 2.31. The lowest BCUT2D eigenvalue weighted by atomic mass is 10.1. The summed E-state index contributed by atoms with van der Waals surface area (Å²) in [6.45, 7) is 0. The van der Waals surface area contributed by atoms with Crippen LogP contribution in [0.2, 0.25) is 0 Å². The molecule has 0 amide bonds. The number of nitrogens with two attached hydrogens (primary N) is 1. The standard InChI is InChI=1S/C13H14FN3S/c14-10-6-11(15)9-2-1-4-16-12(9)13(10)17-8-3-5-18-7-8/h1-2,4,6,8,17H,3,5,7,15H2. The normalized spacial score (nSPS) is 19.3. The fraction of sp³-hybridized carbons (Fsp3) is 0.308. The third-order valence-electron chi connectivity index (χ3n) is 3.15.